The summed E-state index contributed by atoms with van der Waals surface area (Å²) >= 11 is 0. The highest BCUT2D eigenvalue weighted by atomic mass is 19.1. The van der Waals surface area contributed by atoms with Gasteiger partial charge in [-0.3, -0.25) is 9.78 Å². The molecule has 2 rings (SSSR count). The van der Waals surface area contributed by atoms with E-state index in [0.29, 0.717) is 18.2 Å². The minimum absolute atomic E-state index is 0.204. The van der Waals surface area contributed by atoms with Crippen molar-refractivity contribution in [1.29, 1.82) is 0 Å². The van der Waals surface area contributed by atoms with Gasteiger partial charge in [-0.2, -0.15) is 0 Å². The van der Waals surface area contributed by atoms with Crippen LogP contribution < -0.4 is 10.6 Å². The molecule has 0 radical (unpaired) electrons. The molecule has 2 N–H and O–H groups in total. The van der Waals surface area contributed by atoms with Gasteiger partial charge in [0.25, 0.3) is 5.91 Å². The summed E-state index contributed by atoms with van der Waals surface area (Å²) in [5.74, 6) is -0.493. The predicted octanol–water partition coefficient (Wildman–Crippen LogP) is 3.36. The molecule has 0 saturated carbocycles. The topological polar surface area (TPSA) is 54.0 Å². The second-order valence-corrected chi connectivity index (χ2v) is 5.23. The van der Waals surface area contributed by atoms with E-state index in [1.54, 1.807) is 24.4 Å². The van der Waals surface area contributed by atoms with Crippen LogP contribution in [0.2, 0.25) is 0 Å². The van der Waals surface area contributed by atoms with E-state index in [4.69, 9.17) is 0 Å². The summed E-state index contributed by atoms with van der Waals surface area (Å²) < 4.78 is 12.8. The van der Waals surface area contributed by atoms with E-state index < -0.39 is 0 Å². The summed E-state index contributed by atoms with van der Waals surface area (Å²) in [6.45, 7) is 4.51. The Bertz CT molecular complexity index is 628. The van der Waals surface area contributed by atoms with Crippen LogP contribution in [0.15, 0.2) is 42.7 Å². The first-order valence-electron chi connectivity index (χ1n) is 7.32. The zero-order valence-electron chi connectivity index (χ0n) is 12.8. The first-order chi connectivity index (χ1) is 10.6. The van der Waals surface area contributed by atoms with Crippen LogP contribution in [0.1, 0.15) is 36.2 Å². The number of halogens is 1. The van der Waals surface area contributed by atoms with Crippen molar-refractivity contribution in [3.63, 3.8) is 0 Å². The second-order valence-electron chi connectivity index (χ2n) is 5.23. The molecular weight excluding hydrogens is 281 g/mol. The van der Waals surface area contributed by atoms with E-state index in [-0.39, 0.29) is 11.7 Å². The third-order valence-electron chi connectivity index (χ3n) is 3.39. The van der Waals surface area contributed by atoms with E-state index in [2.05, 4.69) is 29.5 Å². The highest BCUT2D eigenvalue weighted by Gasteiger charge is 2.08. The summed E-state index contributed by atoms with van der Waals surface area (Å²) in [5.41, 5.74) is 2.16. The van der Waals surface area contributed by atoms with Crippen LogP contribution >= 0.6 is 0 Å². The first-order valence-corrected chi connectivity index (χ1v) is 7.32. The van der Waals surface area contributed by atoms with Gasteiger partial charge in [0.15, 0.2) is 0 Å². The molecule has 0 bridgehead atoms. The third kappa shape index (κ3) is 4.55. The lowest BCUT2D eigenvalue weighted by Gasteiger charge is -2.13. The molecule has 0 saturated heterocycles. The number of hydrogen-bond donors (Lipinski definition) is 2. The quantitative estimate of drug-likeness (QED) is 0.860. The molecule has 22 heavy (non-hydrogen) atoms. The molecule has 1 amide bonds. The summed E-state index contributed by atoms with van der Waals surface area (Å²) in [6, 6.07) is 8.14. The predicted molar refractivity (Wildman–Crippen MR) is 85.2 cm³/mol. The lowest BCUT2D eigenvalue weighted by Crippen LogP contribution is -2.23. The molecule has 4 nitrogen and oxygen atoms in total. The zero-order chi connectivity index (χ0) is 15.9. The van der Waals surface area contributed by atoms with Crippen molar-refractivity contribution in [3.8, 4) is 0 Å². The number of hydrogen-bond acceptors (Lipinski definition) is 3. The molecule has 2 aromatic rings. The summed E-state index contributed by atoms with van der Waals surface area (Å²) in [7, 11) is 0. The maximum Gasteiger partial charge on any atom is 0.253 e. The number of pyridine rings is 1. The minimum Gasteiger partial charge on any atom is -0.381 e. The van der Waals surface area contributed by atoms with E-state index >= 15 is 0 Å². The van der Waals surface area contributed by atoms with Crippen LogP contribution in [-0.4, -0.2) is 16.9 Å². The van der Waals surface area contributed by atoms with Gasteiger partial charge in [-0.25, -0.2) is 4.39 Å². The summed E-state index contributed by atoms with van der Waals surface area (Å²) in [6.07, 6.45) is 4.21. The lowest BCUT2D eigenvalue weighted by molar-refractivity contribution is 0.0950. The molecule has 1 atom stereocenters. The molecule has 0 aliphatic heterocycles. The monoisotopic (exact) mass is 301 g/mol. The number of carbonyl (C=O) groups is 1. The largest absolute Gasteiger partial charge is 0.381 e. The van der Waals surface area contributed by atoms with Crippen molar-refractivity contribution in [1.82, 2.24) is 10.3 Å². The molecule has 0 aliphatic carbocycles. The van der Waals surface area contributed by atoms with Crippen LogP contribution in [0.25, 0.3) is 0 Å². The number of nitrogens with one attached hydrogen (secondary N) is 2. The van der Waals surface area contributed by atoms with E-state index in [9.17, 15) is 9.18 Å². The first kappa shape index (κ1) is 15.9. The minimum atomic E-state index is -0.289. The standard InChI is InChI=1S/C17H20FN3O/c1-3-12(2)21-16-8-14(10-19-11-16)17(22)20-9-13-4-6-15(18)7-5-13/h4-8,10-12,21H,3,9H2,1-2H3,(H,20,22). The smallest absolute Gasteiger partial charge is 0.253 e. The maximum absolute atomic E-state index is 12.8. The fourth-order valence-electron chi connectivity index (χ4n) is 1.92. The van der Waals surface area contributed by atoms with Crippen molar-refractivity contribution in [3.05, 3.63) is 59.7 Å². The molecule has 116 valence electrons. The Hall–Kier alpha value is -2.43. The molecule has 5 heteroatoms. The maximum atomic E-state index is 12.8. The Morgan fingerprint density at radius 1 is 1.27 bits per heavy atom. The molecule has 0 spiro atoms. The molecule has 1 heterocycles. The number of rotatable bonds is 6. The summed E-state index contributed by atoms with van der Waals surface area (Å²) in [5, 5.41) is 6.08. The van der Waals surface area contributed by atoms with Gasteiger partial charge in [0.1, 0.15) is 5.82 Å². The van der Waals surface area contributed by atoms with E-state index in [0.717, 1.165) is 17.7 Å². The average molecular weight is 301 g/mol. The molecule has 1 aromatic heterocycles. The number of nitrogens with zero attached hydrogens (tertiary/aromatic N) is 1. The van der Waals surface area contributed by atoms with Crippen LogP contribution in [0, 0.1) is 5.82 Å². The van der Waals surface area contributed by atoms with Crippen molar-refractivity contribution >= 4 is 11.6 Å². The molecule has 0 fully saturated rings. The highest BCUT2D eigenvalue weighted by molar-refractivity contribution is 5.94. The number of aromatic nitrogens is 1. The Morgan fingerprint density at radius 2 is 2.00 bits per heavy atom. The van der Waals surface area contributed by atoms with Crippen LogP contribution in [0.4, 0.5) is 10.1 Å². The number of benzene rings is 1. The Morgan fingerprint density at radius 3 is 2.68 bits per heavy atom. The molecular formula is C17H20FN3O. The Kier molecular flexibility index (Phi) is 5.47. The average Bonchev–Trinajstić information content (AvgIpc) is 2.54. The van der Waals surface area contributed by atoms with Gasteiger partial charge in [0.2, 0.25) is 0 Å². The van der Waals surface area contributed by atoms with Gasteiger partial charge in [-0.1, -0.05) is 19.1 Å². The van der Waals surface area contributed by atoms with Crippen LogP contribution in [-0.2, 0) is 6.54 Å². The Labute approximate surface area is 129 Å². The van der Waals surface area contributed by atoms with Crippen molar-refractivity contribution < 1.29 is 9.18 Å². The van der Waals surface area contributed by atoms with E-state index in [1.807, 2.05) is 0 Å². The van der Waals surface area contributed by atoms with Gasteiger partial charge in [-0.05, 0) is 37.1 Å². The SMILES string of the molecule is CCC(C)Nc1cncc(C(=O)NCc2ccc(F)cc2)c1. The second kappa shape index (κ2) is 7.54. The van der Waals surface area contributed by atoms with Crippen LogP contribution in [0.3, 0.4) is 0 Å². The molecule has 0 aliphatic rings. The molecule has 1 aromatic carbocycles. The summed E-state index contributed by atoms with van der Waals surface area (Å²) in [4.78, 5) is 16.2. The zero-order valence-corrected chi connectivity index (χ0v) is 12.8. The van der Waals surface area contributed by atoms with Crippen molar-refractivity contribution in [2.75, 3.05) is 5.32 Å². The number of carbonyl (C=O) groups excluding carboxylic acids is 1. The van der Waals surface area contributed by atoms with Gasteiger partial charge in [-0.15, -0.1) is 0 Å². The van der Waals surface area contributed by atoms with Crippen molar-refractivity contribution in [2.45, 2.75) is 32.9 Å². The molecule has 1 unspecified atom stereocenters. The Balaban J connectivity index is 1.97. The highest BCUT2D eigenvalue weighted by Crippen LogP contribution is 2.11. The third-order valence-corrected chi connectivity index (χ3v) is 3.39. The van der Waals surface area contributed by atoms with Gasteiger partial charge >= 0.3 is 0 Å². The fourth-order valence-corrected chi connectivity index (χ4v) is 1.92. The van der Waals surface area contributed by atoms with E-state index in [1.165, 1.54) is 18.3 Å². The van der Waals surface area contributed by atoms with Crippen LogP contribution in [0.5, 0.6) is 0 Å². The number of anilines is 1. The van der Waals surface area contributed by atoms with Gasteiger partial charge in [0.05, 0.1) is 11.3 Å². The van der Waals surface area contributed by atoms with Gasteiger partial charge in [0, 0.05) is 25.0 Å². The lowest BCUT2D eigenvalue weighted by atomic mass is 10.2. The van der Waals surface area contributed by atoms with Crippen molar-refractivity contribution in [2.24, 2.45) is 0 Å². The number of amides is 1. The van der Waals surface area contributed by atoms with Gasteiger partial charge < -0.3 is 10.6 Å². The fraction of sp³-hybridized carbons (Fsp3) is 0.294. The normalized spacial score (nSPS) is 11.8.